The van der Waals surface area contributed by atoms with Crippen molar-refractivity contribution in [1.29, 1.82) is 0 Å². The van der Waals surface area contributed by atoms with Crippen molar-refractivity contribution in [3.8, 4) is 0 Å². The van der Waals surface area contributed by atoms with E-state index in [1.807, 2.05) is 0 Å². The minimum Gasteiger partial charge on any atom is -0.394 e. The maximum absolute atomic E-state index is 11.7. The lowest BCUT2D eigenvalue weighted by Gasteiger charge is -2.25. The maximum atomic E-state index is 11.7. The average molecular weight is 531 g/mol. The molecule has 0 unspecified atom stereocenters. The molecular weight excluding hydrogens is 488 g/mol. The van der Waals surface area contributed by atoms with Crippen molar-refractivity contribution in [2.24, 2.45) is 0 Å². The fraction of sp³-hybridized carbons (Fsp3) is 0.900. The van der Waals surface area contributed by atoms with E-state index in [0.29, 0.717) is 25.9 Å². The van der Waals surface area contributed by atoms with Crippen LogP contribution in [0.3, 0.4) is 0 Å². The molecule has 16 nitrogen and oxygen atoms in total. The first-order valence-electron chi connectivity index (χ1n) is 11.7. The first kappa shape index (κ1) is 34.1. The molecule has 0 spiro atoms. The van der Waals surface area contributed by atoms with E-state index < -0.39 is 87.2 Å². The molecule has 214 valence electrons. The third kappa shape index (κ3) is 14.0. The van der Waals surface area contributed by atoms with Gasteiger partial charge in [0, 0.05) is 26.2 Å². The summed E-state index contributed by atoms with van der Waals surface area (Å²) in [4.78, 5) is 23.4. The standard InChI is InChI=1S/C20H42N4O12/c25-9-13(29)17(33)15(31)11(27)7-23-19(35)21-5-3-1-2-4-6-22-20(36)24-8-12(28)16(32)18(34)14(30)10-26/h11-18,25-34H,1-10H2,(H2,21,23,35)(H2,22,24,36)/t11-,12-,13+,14+,15+,16+,17+,18+/m0/s1. The van der Waals surface area contributed by atoms with Gasteiger partial charge >= 0.3 is 12.1 Å². The molecule has 0 saturated heterocycles. The van der Waals surface area contributed by atoms with Gasteiger partial charge in [0.15, 0.2) is 0 Å². The number of nitrogens with one attached hydrogen (secondary N) is 4. The number of amides is 4. The van der Waals surface area contributed by atoms with Gasteiger partial charge in [0.25, 0.3) is 0 Å². The summed E-state index contributed by atoms with van der Waals surface area (Å²) in [6, 6.07) is -1.22. The summed E-state index contributed by atoms with van der Waals surface area (Å²) in [6.45, 7) is -1.75. The predicted octanol–water partition coefficient (Wildman–Crippen LogP) is -5.98. The molecule has 0 aromatic rings. The van der Waals surface area contributed by atoms with Crippen molar-refractivity contribution < 1.29 is 60.7 Å². The average Bonchev–Trinajstić information content (AvgIpc) is 2.88. The Hall–Kier alpha value is -1.86. The molecule has 0 saturated carbocycles. The van der Waals surface area contributed by atoms with Crippen LogP contribution in [0.15, 0.2) is 0 Å². The van der Waals surface area contributed by atoms with E-state index in [2.05, 4.69) is 21.3 Å². The molecule has 14 N–H and O–H groups in total. The zero-order valence-electron chi connectivity index (χ0n) is 20.0. The number of unbranched alkanes of at least 4 members (excludes halogenated alkanes) is 3. The van der Waals surface area contributed by atoms with Gasteiger partial charge in [-0.15, -0.1) is 0 Å². The number of hydrogen-bond donors (Lipinski definition) is 14. The van der Waals surface area contributed by atoms with Gasteiger partial charge in [-0.2, -0.15) is 0 Å². The summed E-state index contributed by atoms with van der Waals surface area (Å²) in [7, 11) is 0. The summed E-state index contributed by atoms with van der Waals surface area (Å²) >= 11 is 0. The summed E-state index contributed by atoms with van der Waals surface area (Å²) in [5.74, 6) is 0. The van der Waals surface area contributed by atoms with Crippen molar-refractivity contribution in [3.63, 3.8) is 0 Å². The number of urea groups is 2. The molecule has 0 bridgehead atoms. The predicted molar refractivity (Wildman–Crippen MR) is 123 cm³/mol. The summed E-state index contributed by atoms with van der Waals surface area (Å²) in [6.07, 6.45) is -10.8. The molecule has 16 heteroatoms. The summed E-state index contributed by atoms with van der Waals surface area (Å²) < 4.78 is 0. The third-order valence-electron chi connectivity index (χ3n) is 5.27. The molecule has 0 fully saturated rings. The lowest BCUT2D eigenvalue weighted by molar-refractivity contribution is -0.113. The maximum Gasteiger partial charge on any atom is 0.314 e. The molecule has 36 heavy (non-hydrogen) atoms. The molecule has 0 aliphatic carbocycles. The zero-order chi connectivity index (χ0) is 27.7. The molecule has 0 aliphatic rings. The molecule has 0 aromatic carbocycles. The molecule has 0 radical (unpaired) electrons. The van der Waals surface area contributed by atoms with E-state index in [-0.39, 0.29) is 0 Å². The minimum atomic E-state index is -1.78. The van der Waals surface area contributed by atoms with E-state index in [9.17, 15) is 50.4 Å². The second kappa shape index (κ2) is 19.3. The first-order chi connectivity index (χ1) is 17.0. The van der Waals surface area contributed by atoms with Crippen LogP contribution in [0.5, 0.6) is 0 Å². The molecule has 0 aromatic heterocycles. The Bertz CT molecular complexity index is 555. The fourth-order valence-corrected chi connectivity index (χ4v) is 2.89. The lowest BCUT2D eigenvalue weighted by Crippen LogP contribution is -2.50. The highest BCUT2D eigenvalue weighted by atomic mass is 16.4. The smallest absolute Gasteiger partial charge is 0.314 e. The van der Waals surface area contributed by atoms with E-state index in [1.54, 1.807) is 0 Å². The Labute approximate surface area is 208 Å². The topological polar surface area (TPSA) is 285 Å². The van der Waals surface area contributed by atoms with Crippen LogP contribution in [0.4, 0.5) is 9.59 Å². The first-order valence-corrected chi connectivity index (χ1v) is 11.7. The van der Waals surface area contributed by atoms with Gasteiger partial charge in [0.2, 0.25) is 0 Å². The van der Waals surface area contributed by atoms with Crippen LogP contribution in [0, 0.1) is 0 Å². The zero-order valence-corrected chi connectivity index (χ0v) is 20.0. The van der Waals surface area contributed by atoms with Crippen LogP contribution < -0.4 is 21.3 Å². The van der Waals surface area contributed by atoms with Crippen LogP contribution in [0.2, 0.25) is 0 Å². The second-order valence-corrected chi connectivity index (χ2v) is 8.28. The Morgan fingerprint density at radius 3 is 1.08 bits per heavy atom. The number of carbonyl (C=O) groups excluding carboxylic acids is 2. The van der Waals surface area contributed by atoms with Gasteiger partial charge in [-0.05, 0) is 12.8 Å². The second-order valence-electron chi connectivity index (χ2n) is 8.28. The van der Waals surface area contributed by atoms with Gasteiger partial charge in [0.05, 0.1) is 25.4 Å². The normalized spacial score (nSPS) is 18.2. The largest absolute Gasteiger partial charge is 0.394 e. The highest BCUT2D eigenvalue weighted by Crippen LogP contribution is 2.05. The van der Waals surface area contributed by atoms with Crippen LogP contribution in [-0.2, 0) is 0 Å². The Morgan fingerprint density at radius 2 is 0.778 bits per heavy atom. The van der Waals surface area contributed by atoms with Crippen LogP contribution in [0.25, 0.3) is 0 Å². The van der Waals surface area contributed by atoms with Gasteiger partial charge in [-0.3, -0.25) is 0 Å². The molecule has 0 heterocycles. The highest BCUT2D eigenvalue weighted by Gasteiger charge is 2.31. The van der Waals surface area contributed by atoms with E-state index in [0.717, 1.165) is 12.8 Å². The van der Waals surface area contributed by atoms with Crippen molar-refractivity contribution in [2.75, 3.05) is 39.4 Å². The van der Waals surface area contributed by atoms with Crippen LogP contribution in [-0.4, -0.2) is 151 Å². The highest BCUT2D eigenvalue weighted by molar-refractivity contribution is 5.74. The molecule has 8 atom stereocenters. The van der Waals surface area contributed by atoms with Crippen LogP contribution >= 0.6 is 0 Å². The quantitative estimate of drug-likeness (QED) is 0.0695. The van der Waals surface area contributed by atoms with Crippen molar-refractivity contribution in [2.45, 2.75) is 74.5 Å². The Kier molecular flexibility index (Phi) is 18.3. The molecule has 0 rings (SSSR count). The number of aliphatic hydroxyl groups is 10. The Morgan fingerprint density at radius 1 is 0.472 bits per heavy atom. The molecular formula is C20H42N4O12. The van der Waals surface area contributed by atoms with Gasteiger partial charge in [-0.1, -0.05) is 12.8 Å². The van der Waals surface area contributed by atoms with Gasteiger partial charge < -0.3 is 72.3 Å². The van der Waals surface area contributed by atoms with Gasteiger partial charge in [-0.25, -0.2) is 9.59 Å². The number of hydrogen-bond acceptors (Lipinski definition) is 12. The SMILES string of the molecule is O=C(NCCCCCCNC(=O)NC[C@H](O)[C@@H](O)[C@H](O)[C@H](O)CO)NC[C@H](O)[C@@H](O)[C@H](O)[C@H](O)CO. The van der Waals surface area contributed by atoms with E-state index in [4.69, 9.17) is 10.2 Å². The third-order valence-corrected chi connectivity index (χ3v) is 5.27. The minimum absolute atomic E-state index is 0.321. The summed E-state index contributed by atoms with van der Waals surface area (Å²) in [5, 5.41) is 103. The van der Waals surface area contributed by atoms with Crippen LogP contribution in [0.1, 0.15) is 25.7 Å². The number of aliphatic hydroxyl groups excluding tert-OH is 10. The molecule has 4 amide bonds. The number of carbonyl (C=O) groups is 2. The lowest BCUT2D eigenvalue weighted by atomic mass is 10.0. The summed E-state index contributed by atoms with van der Waals surface area (Å²) in [5.41, 5.74) is 0. The Balaban J connectivity index is 3.82. The van der Waals surface area contributed by atoms with Gasteiger partial charge in [0.1, 0.15) is 36.6 Å². The van der Waals surface area contributed by atoms with Crippen molar-refractivity contribution in [3.05, 3.63) is 0 Å². The molecule has 0 aliphatic heterocycles. The van der Waals surface area contributed by atoms with Crippen molar-refractivity contribution in [1.82, 2.24) is 21.3 Å². The number of rotatable bonds is 19. The van der Waals surface area contributed by atoms with Crippen molar-refractivity contribution >= 4 is 12.1 Å². The van der Waals surface area contributed by atoms with E-state index in [1.165, 1.54) is 0 Å². The van der Waals surface area contributed by atoms with E-state index >= 15 is 0 Å². The monoisotopic (exact) mass is 530 g/mol. The fourth-order valence-electron chi connectivity index (χ4n) is 2.89.